The van der Waals surface area contributed by atoms with Crippen LogP contribution < -0.4 is 0 Å². The predicted molar refractivity (Wildman–Crippen MR) is 73.6 cm³/mol. The van der Waals surface area contributed by atoms with Crippen LogP contribution in [-0.2, 0) is 0 Å². The quantitative estimate of drug-likeness (QED) is 0.497. The molecule has 1 aromatic rings. The van der Waals surface area contributed by atoms with E-state index in [9.17, 15) is 4.79 Å². The average Bonchev–Trinajstić information content (AvgIpc) is 2.09. The van der Waals surface area contributed by atoms with Crippen LogP contribution in [0.4, 0.5) is 0 Å². The molecule has 0 heterocycles. The Kier molecular flexibility index (Phi) is 6.73. The monoisotopic (exact) mass is 402 g/mol. The van der Waals surface area contributed by atoms with Crippen LogP contribution in [0.1, 0.15) is 24.2 Å². The van der Waals surface area contributed by atoms with Gasteiger partial charge in [-0.3, -0.25) is 0 Å². The van der Waals surface area contributed by atoms with E-state index in [1.54, 1.807) is 0 Å². The fourth-order valence-electron chi connectivity index (χ4n) is 0.722. The summed E-state index contributed by atoms with van der Waals surface area (Å²) in [7, 11) is 0. The second kappa shape index (κ2) is 6.95. The molecule has 0 saturated heterocycles. The van der Waals surface area contributed by atoms with Crippen LogP contribution in [-0.4, -0.2) is 25.2 Å². The maximum Gasteiger partial charge on any atom is 0.339 e. The molecule has 0 aliphatic rings. The molecule has 0 aromatic heterocycles. The van der Waals surface area contributed by atoms with Gasteiger partial charge in [0.25, 0.3) is 0 Å². The van der Waals surface area contributed by atoms with Crippen LogP contribution in [0.15, 0.2) is 16.6 Å². The second-order valence-electron chi connectivity index (χ2n) is 3.14. The number of rotatable bonds is 1. The molecule has 0 saturated carbocycles. The summed E-state index contributed by atoms with van der Waals surface area (Å²) in [4.78, 5) is 10.4. The summed E-state index contributed by atoms with van der Waals surface area (Å²) in [6.07, 6.45) is 0. The molecular formula is C10H12BrIO4. The molecular weight excluding hydrogens is 391 g/mol. The van der Waals surface area contributed by atoms with Gasteiger partial charge in [0.15, 0.2) is 0 Å². The van der Waals surface area contributed by atoms with Crippen molar-refractivity contribution in [1.82, 2.24) is 0 Å². The maximum atomic E-state index is 10.4. The lowest BCUT2D eigenvalue weighted by Gasteiger charge is -2.01. The minimum absolute atomic E-state index is 0.197. The molecule has 1 aromatic carbocycles. The number of carbonyl (C=O) groups is 1. The van der Waals surface area contributed by atoms with Gasteiger partial charge in [-0.2, -0.15) is 0 Å². The molecule has 0 aliphatic heterocycles. The van der Waals surface area contributed by atoms with Gasteiger partial charge in [-0.1, -0.05) is 36.4 Å². The lowest BCUT2D eigenvalue weighted by molar-refractivity contribution is 0.0693. The SMILES string of the molecule is CC(C)I.O=C(O)c1cc(Br)c(O)cc1O. The summed E-state index contributed by atoms with van der Waals surface area (Å²) >= 11 is 5.27. The number of benzene rings is 1. The van der Waals surface area contributed by atoms with Crippen LogP contribution in [0.25, 0.3) is 0 Å². The minimum atomic E-state index is -1.24. The first-order valence-electron chi connectivity index (χ1n) is 4.34. The van der Waals surface area contributed by atoms with Crippen LogP contribution in [0.5, 0.6) is 11.5 Å². The first-order valence-corrected chi connectivity index (χ1v) is 6.38. The van der Waals surface area contributed by atoms with E-state index in [0.717, 1.165) is 16.1 Å². The Morgan fingerprint density at radius 3 is 2.12 bits per heavy atom. The highest BCUT2D eigenvalue weighted by atomic mass is 127. The third-order valence-corrected chi connectivity index (χ3v) is 1.93. The molecule has 6 heteroatoms. The first kappa shape index (κ1) is 15.5. The van der Waals surface area contributed by atoms with Gasteiger partial charge < -0.3 is 15.3 Å². The van der Waals surface area contributed by atoms with Crippen molar-refractivity contribution in [2.45, 2.75) is 17.8 Å². The highest BCUT2D eigenvalue weighted by Crippen LogP contribution is 2.30. The van der Waals surface area contributed by atoms with Crippen molar-refractivity contribution in [3.63, 3.8) is 0 Å². The molecule has 0 radical (unpaired) electrons. The molecule has 0 bridgehead atoms. The smallest absolute Gasteiger partial charge is 0.339 e. The molecule has 90 valence electrons. The summed E-state index contributed by atoms with van der Waals surface area (Å²) in [6, 6.07) is 2.10. The van der Waals surface area contributed by atoms with Crippen molar-refractivity contribution in [3.05, 3.63) is 22.2 Å². The number of hydrogen-bond acceptors (Lipinski definition) is 3. The molecule has 0 amide bonds. The number of aromatic carboxylic acids is 1. The van der Waals surface area contributed by atoms with Gasteiger partial charge in [-0.05, 0) is 22.0 Å². The van der Waals surface area contributed by atoms with E-state index in [1.807, 2.05) is 0 Å². The number of carboxylic acids is 1. The number of carboxylic acid groups (broad SMARTS) is 1. The van der Waals surface area contributed by atoms with E-state index < -0.39 is 11.7 Å². The second-order valence-corrected chi connectivity index (χ2v) is 6.49. The standard InChI is InChI=1S/C7H5BrO4.C3H7I/c8-4-1-3(7(11)12)5(9)2-6(4)10;1-3(2)4/h1-2,9-10H,(H,11,12);3H,1-2H3. The largest absolute Gasteiger partial charge is 0.507 e. The van der Waals surface area contributed by atoms with Crippen molar-refractivity contribution in [2.24, 2.45) is 0 Å². The topological polar surface area (TPSA) is 77.8 Å². The number of halogens is 2. The summed E-state index contributed by atoms with van der Waals surface area (Å²) in [5.74, 6) is -1.89. The highest BCUT2D eigenvalue weighted by Gasteiger charge is 2.12. The molecule has 1 rings (SSSR count). The van der Waals surface area contributed by atoms with Crippen molar-refractivity contribution >= 4 is 44.5 Å². The fourth-order valence-corrected chi connectivity index (χ4v) is 1.07. The Hall–Kier alpha value is -0.500. The maximum absolute atomic E-state index is 10.4. The van der Waals surface area contributed by atoms with Gasteiger partial charge in [0.1, 0.15) is 17.1 Å². The number of phenols is 2. The predicted octanol–water partition coefficient (Wildman–Crippen LogP) is 3.39. The summed E-state index contributed by atoms with van der Waals surface area (Å²) < 4.78 is 1.04. The average molecular weight is 403 g/mol. The van der Waals surface area contributed by atoms with Crippen LogP contribution >= 0.6 is 38.5 Å². The Balaban J connectivity index is 0.000000487. The third-order valence-electron chi connectivity index (χ3n) is 1.30. The van der Waals surface area contributed by atoms with Crippen LogP contribution in [0.3, 0.4) is 0 Å². The fraction of sp³-hybridized carbons (Fsp3) is 0.300. The van der Waals surface area contributed by atoms with Crippen molar-refractivity contribution < 1.29 is 20.1 Å². The number of aromatic hydroxyl groups is 2. The molecule has 4 nitrogen and oxygen atoms in total. The van der Waals surface area contributed by atoms with Gasteiger partial charge in [0.05, 0.1) is 4.47 Å². The minimum Gasteiger partial charge on any atom is -0.507 e. The van der Waals surface area contributed by atoms with E-state index in [2.05, 4.69) is 52.4 Å². The molecule has 0 unspecified atom stereocenters. The van der Waals surface area contributed by atoms with Gasteiger partial charge in [0.2, 0.25) is 0 Å². The summed E-state index contributed by atoms with van der Waals surface area (Å²) in [5.41, 5.74) is -0.250. The van der Waals surface area contributed by atoms with Gasteiger partial charge >= 0.3 is 5.97 Å². The lowest BCUT2D eigenvalue weighted by atomic mass is 10.2. The third kappa shape index (κ3) is 5.55. The lowest BCUT2D eigenvalue weighted by Crippen LogP contribution is -1.96. The number of phenolic OH excluding ortho intramolecular Hbond substituents is 1. The molecule has 0 fully saturated rings. The van der Waals surface area contributed by atoms with E-state index >= 15 is 0 Å². The Labute approximate surface area is 116 Å². The number of alkyl halides is 1. The zero-order chi connectivity index (χ0) is 12.9. The van der Waals surface area contributed by atoms with E-state index in [-0.39, 0.29) is 15.8 Å². The summed E-state index contributed by atoms with van der Waals surface area (Å²) in [6.45, 7) is 4.31. The first-order chi connectivity index (χ1) is 7.25. The normalized spacial score (nSPS) is 9.56. The van der Waals surface area contributed by atoms with Crippen molar-refractivity contribution in [2.75, 3.05) is 0 Å². The van der Waals surface area contributed by atoms with Crippen LogP contribution in [0, 0.1) is 0 Å². The molecule has 0 aliphatic carbocycles. The summed E-state index contributed by atoms with van der Waals surface area (Å²) in [5, 5.41) is 26.5. The van der Waals surface area contributed by atoms with Crippen LogP contribution in [0.2, 0.25) is 0 Å². The van der Waals surface area contributed by atoms with E-state index in [1.165, 1.54) is 0 Å². The van der Waals surface area contributed by atoms with Gasteiger partial charge in [-0.15, -0.1) is 0 Å². The Bertz CT molecular complexity index is 377. The number of hydrogen-bond donors (Lipinski definition) is 3. The zero-order valence-corrected chi connectivity index (χ0v) is 12.5. The Morgan fingerprint density at radius 1 is 1.31 bits per heavy atom. The molecule has 0 spiro atoms. The molecule has 0 atom stereocenters. The molecule has 16 heavy (non-hydrogen) atoms. The Morgan fingerprint density at radius 2 is 1.75 bits per heavy atom. The van der Waals surface area contributed by atoms with E-state index in [4.69, 9.17) is 15.3 Å². The van der Waals surface area contributed by atoms with E-state index in [0.29, 0.717) is 0 Å². The highest BCUT2D eigenvalue weighted by molar-refractivity contribution is 14.1. The van der Waals surface area contributed by atoms with Crippen molar-refractivity contribution in [3.8, 4) is 11.5 Å². The van der Waals surface area contributed by atoms with Crippen molar-refractivity contribution in [1.29, 1.82) is 0 Å². The zero-order valence-electron chi connectivity index (χ0n) is 8.74. The van der Waals surface area contributed by atoms with Gasteiger partial charge in [-0.25, -0.2) is 4.79 Å². The van der Waals surface area contributed by atoms with Gasteiger partial charge in [0, 0.05) is 9.99 Å². The molecule has 3 N–H and O–H groups in total.